The van der Waals surface area contributed by atoms with E-state index in [1.165, 1.54) is 6.07 Å². The number of aromatic nitrogens is 6. The standard InChI is InChI=1S/C24H20N4O5.C22H16N4O5.K.H2O/c1-2-32-24(31)19-13-18(28-33-19)21-25-14-17(23(30)27-21)22(29)26-20(15-9-5-3-6-10-15)16-11-7-4-8-12-16;27-20(24-18(13-7-3-1-4-8-13)14-9-5-2-6-10-14)15-12-23-19(25-21(15)28)16-11-17(22(29)30)31-26-16;;/h3-14,20H,2H2,1H3,(H,26,29)(H,25,27,30);1-12,18H,(H,24,27)(H,29,30)(H,23,25,28);;1H2/q;;+1;/p-1. The maximum atomic E-state index is 13.0. The third kappa shape index (κ3) is 12.2. The molecular weight excluding hydrogens is 880 g/mol. The molecule has 0 saturated carbocycles. The predicted molar refractivity (Wildman–Crippen MR) is 230 cm³/mol. The summed E-state index contributed by atoms with van der Waals surface area (Å²) in [4.78, 5) is 86.7. The summed E-state index contributed by atoms with van der Waals surface area (Å²) in [5.41, 5.74) is 1.91. The van der Waals surface area contributed by atoms with Crippen LogP contribution >= 0.6 is 0 Å². The number of carboxylic acids is 1. The maximum Gasteiger partial charge on any atom is 1.00 e. The van der Waals surface area contributed by atoms with E-state index in [1.54, 1.807) is 6.92 Å². The van der Waals surface area contributed by atoms with Gasteiger partial charge in [0.15, 0.2) is 11.6 Å². The van der Waals surface area contributed by atoms with E-state index in [0.29, 0.717) is 0 Å². The van der Waals surface area contributed by atoms with Crippen molar-refractivity contribution in [2.75, 3.05) is 6.61 Å². The molecule has 4 aromatic heterocycles. The van der Waals surface area contributed by atoms with E-state index >= 15 is 0 Å². The van der Waals surface area contributed by atoms with Gasteiger partial charge in [-0.05, 0) is 29.2 Å². The van der Waals surface area contributed by atoms with Gasteiger partial charge in [-0.3, -0.25) is 19.2 Å². The van der Waals surface area contributed by atoms with Crippen LogP contribution in [0.5, 0.6) is 0 Å². The summed E-state index contributed by atoms with van der Waals surface area (Å²) < 4.78 is 14.4. The first-order chi connectivity index (χ1) is 31.1. The minimum absolute atomic E-state index is 0. The molecule has 8 aromatic rings. The molecule has 0 saturated heterocycles. The number of benzene rings is 4. The Balaban J connectivity index is 0.000000241. The van der Waals surface area contributed by atoms with Crippen molar-refractivity contribution in [2.45, 2.75) is 19.0 Å². The van der Waals surface area contributed by atoms with Crippen LogP contribution in [-0.2, 0) is 4.74 Å². The minimum atomic E-state index is -1.30. The first-order valence-corrected chi connectivity index (χ1v) is 19.4. The van der Waals surface area contributed by atoms with Gasteiger partial charge in [-0.15, -0.1) is 0 Å². The van der Waals surface area contributed by atoms with Gasteiger partial charge in [0, 0.05) is 24.5 Å². The molecule has 0 atom stereocenters. The molecule has 0 aliphatic carbocycles. The molecule has 0 aliphatic heterocycles. The number of carbonyl (C=O) groups excluding carboxylic acids is 3. The molecule has 0 fully saturated rings. The van der Waals surface area contributed by atoms with E-state index in [1.807, 2.05) is 121 Å². The second-order valence-electron chi connectivity index (χ2n) is 13.6. The predicted octanol–water partition coefficient (Wildman–Crippen LogP) is 2.59. The number of carboxylic acid groups (broad SMARTS) is 1. The monoisotopic (exact) mass is 916 g/mol. The average Bonchev–Trinajstić information content (AvgIpc) is 4.04. The first kappa shape index (κ1) is 49.6. The molecule has 0 unspecified atom stereocenters. The van der Waals surface area contributed by atoms with Crippen LogP contribution in [0.15, 0.2) is 164 Å². The Morgan fingerprint density at radius 3 is 1.27 bits per heavy atom. The van der Waals surface area contributed by atoms with Crippen molar-refractivity contribution in [3.8, 4) is 23.0 Å². The summed E-state index contributed by atoms with van der Waals surface area (Å²) in [5.74, 6) is -3.64. The van der Waals surface area contributed by atoms with E-state index in [9.17, 15) is 28.8 Å². The molecule has 4 aromatic carbocycles. The van der Waals surface area contributed by atoms with Crippen molar-refractivity contribution in [1.29, 1.82) is 0 Å². The average molecular weight is 917 g/mol. The van der Waals surface area contributed by atoms with E-state index in [0.717, 1.165) is 40.7 Å². The van der Waals surface area contributed by atoms with Crippen LogP contribution in [-0.4, -0.2) is 71.2 Å². The molecule has 20 heteroatoms. The number of nitrogens with zero attached hydrogens (tertiary/aromatic N) is 4. The summed E-state index contributed by atoms with van der Waals surface area (Å²) in [7, 11) is 0. The number of H-pyrrole nitrogens is 2. The number of hydrogen-bond acceptors (Lipinski definition) is 14. The van der Waals surface area contributed by atoms with Crippen LogP contribution < -0.4 is 73.1 Å². The molecule has 8 rings (SSSR count). The van der Waals surface area contributed by atoms with Gasteiger partial charge in [0.25, 0.3) is 22.9 Å². The van der Waals surface area contributed by atoms with Gasteiger partial charge >= 0.3 is 63.3 Å². The van der Waals surface area contributed by atoms with Crippen LogP contribution in [0.3, 0.4) is 0 Å². The Labute approximate surface area is 416 Å². The number of aromatic carboxylic acids is 1. The van der Waals surface area contributed by atoms with Crippen LogP contribution in [0.25, 0.3) is 23.0 Å². The van der Waals surface area contributed by atoms with E-state index < -0.39 is 52.7 Å². The zero-order valence-electron chi connectivity index (χ0n) is 35.1. The fourth-order valence-electron chi connectivity index (χ4n) is 6.26. The summed E-state index contributed by atoms with van der Waals surface area (Å²) in [5, 5.41) is 22.0. The molecule has 0 bridgehead atoms. The Hall–Kier alpha value is -7.46. The fraction of sp³-hybridized carbons (Fsp3) is 0.0870. The van der Waals surface area contributed by atoms with Gasteiger partial charge in [-0.1, -0.05) is 132 Å². The third-order valence-electron chi connectivity index (χ3n) is 9.36. The molecule has 66 heavy (non-hydrogen) atoms. The summed E-state index contributed by atoms with van der Waals surface area (Å²) in [6.45, 7) is 1.85. The van der Waals surface area contributed by atoms with Crippen LogP contribution in [0.2, 0.25) is 0 Å². The largest absolute Gasteiger partial charge is 1.00 e. The van der Waals surface area contributed by atoms with Crippen LogP contribution in [0, 0.1) is 0 Å². The number of rotatable bonds is 13. The van der Waals surface area contributed by atoms with E-state index in [4.69, 9.17) is 14.4 Å². The Morgan fingerprint density at radius 1 is 0.606 bits per heavy atom. The molecule has 6 N–H and O–H groups in total. The molecule has 19 nitrogen and oxygen atoms in total. The second kappa shape index (κ2) is 23.5. The zero-order valence-corrected chi connectivity index (χ0v) is 38.2. The quantitative estimate of drug-likeness (QED) is 0.0821. The van der Waals surface area contributed by atoms with E-state index in [-0.39, 0.29) is 103 Å². The van der Waals surface area contributed by atoms with Crippen LogP contribution in [0.4, 0.5) is 0 Å². The third-order valence-corrected chi connectivity index (χ3v) is 9.36. The number of carbonyl (C=O) groups is 4. The Kier molecular flexibility index (Phi) is 17.6. The summed E-state index contributed by atoms with van der Waals surface area (Å²) >= 11 is 0. The molecule has 4 heterocycles. The number of esters is 1. The number of amides is 2. The zero-order chi connectivity index (χ0) is 45.0. The molecule has 0 spiro atoms. The first-order valence-electron chi connectivity index (χ1n) is 19.4. The van der Waals surface area contributed by atoms with Gasteiger partial charge < -0.3 is 45.0 Å². The van der Waals surface area contributed by atoms with Crippen molar-refractivity contribution < 1.29 is 94.9 Å². The van der Waals surface area contributed by atoms with E-state index in [2.05, 4.69) is 45.4 Å². The second-order valence-corrected chi connectivity index (χ2v) is 13.6. The number of nitrogens with one attached hydrogen (secondary N) is 4. The number of hydrogen-bond donors (Lipinski definition) is 5. The Morgan fingerprint density at radius 2 is 0.955 bits per heavy atom. The molecular formula is C46H37KN8O11. The van der Waals surface area contributed by atoms with Crippen LogP contribution in [0.1, 0.15) is 83.1 Å². The van der Waals surface area contributed by atoms with Crippen molar-refractivity contribution >= 4 is 23.8 Å². The fourth-order valence-corrected chi connectivity index (χ4v) is 6.26. The summed E-state index contributed by atoms with van der Waals surface area (Å²) in [6, 6.07) is 39.1. The number of aromatic amines is 2. The Bertz CT molecular complexity index is 2940. The van der Waals surface area contributed by atoms with Gasteiger partial charge in [0.2, 0.25) is 11.5 Å². The van der Waals surface area contributed by atoms with Crippen molar-refractivity contribution in [2.24, 2.45) is 0 Å². The molecule has 328 valence electrons. The normalized spacial score (nSPS) is 10.4. The SMILES string of the molecule is CCOC(=O)c1cc(-c2ncc(C(=O)NC(c3ccccc3)c3ccccc3)c(=O)[nH]2)no1.O=C(O)c1cc(-c2ncc(C(=O)NC(c3ccccc3)c3ccccc3)c(=O)[nH]2)no1.[K+].[OH-]. The van der Waals surface area contributed by atoms with Gasteiger partial charge in [0.05, 0.1) is 18.7 Å². The maximum absolute atomic E-state index is 13.0. The topological polar surface area (TPSA) is 295 Å². The van der Waals surface area contributed by atoms with Gasteiger partial charge in [0.1, 0.15) is 22.5 Å². The van der Waals surface area contributed by atoms with Gasteiger partial charge in [-0.25, -0.2) is 19.6 Å². The summed E-state index contributed by atoms with van der Waals surface area (Å²) in [6.07, 6.45) is 2.28. The number of ether oxygens (including phenoxy) is 1. The molecule has 0 radical (unpaired) electrons. The smallest absolute Gasteiger partial charge is 0.870 e. The van der Waals surface area contributed by atoms with Crippen molar-refractivity contribution in [3.63, 3.8) is 0 Å². The minimum Gasteiger partial charge on any atom is -0.870 e. The van der Waals surface area contributed by atoms with Crippen molar-refractivity contribution in [3.05, 3.63) is 211 Å². The molecule has 0 aliphatic rings. The molecule has 2 amide bonds. The van der Waals surface area contributed by atoms with Gasteiger partial charge in [-0.2, -0.15) is 0 Å². The van der Waals surface area contributed by atoms with Crippen molar-refractivity contribution in [1.82, 2.24) is 40.9 Å².